The van der Waals surface area contributed by atoms with Crippen LogP contribution < -0.4 is 15.7 Å². The molecule has 1 aliphatic heterocycles. The van der Waals surface area contributed by atoms with Crippen LogP contribution in [-0.2, 0) is 19.6 Å². The second-order valence-corrected chi connectivity index (χ2v) is 12.0. The highest BCUT2D eigenvalue weighted by Crippen LogP contribution is 2.39. The maximum Gasteiger partial charge on any atom is 0.241 e. The molecule has 0 radical (unpaired) electrons. The molecule has 0 aromatic rings. The molecule has 0 aromatic carbocycles. The van der Waals surface area contributed by atoms with Crippen LogP contribution in [-0.4, -0.2) is 69.0 Å². The third kappa shape index (κ3) is 6.99. The molecule has 8 nitrogen and oxygen atoms in total. The number of halogens is 2. The number of hydrogen-bond acceptors (Lipinski definition) is 6. The van der Waals surface area contributed by atoms with Crippen LogP contribution >= 0.6 is 11.6 Å². The van der Waals surface area contributed by atoms with Crippen molar-refractivity contribution in [2.75, 3.05) is 26.0 Å². The normalized spacial score (nSPS) is 35.1. The van der Waals surface area contributed by atoms with Crippen molar-refractivity contribution in [1.82, 2.24) is 20.7 Å². The van der Waals surface area contributed by atoms with Gasteiger partial charge in [-0.3, -0.25) is 15.6 Å². The molecule has 0 aromatic heterocycles. The molecular formula is C21H38ClFN4O4S. The van der Waals surface area contributed by atoms with E-state index in [2.05, 4.69) is 27.6 Å². The lowest BCUT2D eigenvalue weighted by molar-refractivity contribution is -0.129. The Labute approximate surface area is 196 Å². The Kier molecular flexibility index (Phi) is 9.58. The first kappa shape index (κ1) is 26.1. The molecule has 32 heavy (non-hydrogen) atoms. The fourth-order valence-corrected chi connectivity index (χ4v) is 7.09. The van der Waals surface area contributed by atoms with Crippen molar-refractivity contribution in [3.05, 3.63) is 0 Å². The van der Waals surface area contributed by atoms with E-state index in [1.165, 1.54) is 0 Å². The van der Waals surface area contributed by atoms with Crippen molar-refractivity contribution in [3.63, 3.8) is 0 Å². The molecule has 2 aliphatic carbocycles. The lowest BCUT2D eigenvalue weighted by Gasteiger charge is -2.37. The van der Waals surface area contributed by atoms with Crippen LogP contribution in [0.3, 0.4) is 0 Å². The monoisotopic (exact) mass is 496 g/mol. The van der Waals surface area contributed by atoms with Gasteiger partial charge in [0.1, 0.15) is 6.17 Å². The summed E-state index contributed by atoms with van der Waals surface area (Å²) in [5.41, 5.74) is 5.74. The van der Waals surface area contributed by atoms with E-state index in [0.717, 1.165) is 45.1 Å². The van der Waals surface area contributed by atoms with Gasteiger partial charge in [-0.05, 0) is 50.9 Å². The van der Waals surface area contributed by atoms with Gasteiger partial charge in [0.05, 0.1) is 23.7 Å². The highest BCUT2D eigenvalue weighted by Gasteiger charge is 2.45. The quantitative estimate of drug-likeness (QED) is 0.334. The molecule has 11 heteroatoms. The van der Waals surface area contributed by atoms with Crippen LogP contribution in [0.2, 0.25) is 0 Å². The summed E-state index contributed by atoms with van der Waals surface area (Å²) in [4.78, 5) is 14.9. The molecule has 0 bridgehead atoms. The van der Waals surface area contributed by atoms with Crippen molar-refractivity contribution < 1.29 is 22.3 Å². The number of carbonyl (C=O) groups is 1. The predicted molar refractivity (Wildman–Crippen MR) is 122 cm³/mol. The number of amides is 1. The van der Waals surface area contributed by atoms with Gasteiger partial charge in [0.2, 0.25) is 15.9 Å². The molecule has 3 aliphatic rings. The van der Waals surface area contributed by atoms with Crippen LogP contribution in [0.1, 0.15) is 58.3 Å². The van der Waals surface area contributed by atoms with Crippen molar-refractivity contribution >= 4 is 27.5 Å². The van der Waals surface area contributed by atoms with Gasteiger partial charge in [-0.2, -0.15) is 0 Å². The van der Waals surface area contributed by atoms with E-state index >= 15 is 0 Å². The Hall–Kier alpha value is -0.520. The topological polar surface area (TPSA) is 99.8 Å². The lowest BCUT2D eigenvalue weighted by atomic mass is 9.75. The Bertz CT molecular complexity index is 725. The van der Waals surface area contributed by atoms with E-state index in [9.17, 15) is 17.6 Å². The summed E-state index contributed by atoms with van der Waals surface area (Å²) in [6.45, 7) is 3.46. The average molecular weight is 497 g/mol. The minimum Gasteiger partial charge on any atom is -0.383 e. The van der Waals surface area contributed by atoms with Crippen LogP contribution in [0, 0.1) is 17.8 Å². The molecule has 1 amide bonds. The van der Waals surface area contributed by atoms with Crippen molar-refractivity contribution in [2.24, 2.45) is 17.8 Å². The molecule has 3 N–H and O–H groups in total. The number of ether oxygens (including phenoxy) is 1. The van der Waals surface area contributed by atoms with Crippen LogP contribution in [0.15, 0.2) is 0 Å². The van der Waals surface area contributed by atoms with Gasteiger partial charge >= 0.3 is 0 Å². The summed E-state index contributed by atoms with van der Waals surface area (Å²) in [6, 6.07) is 0.389. The fourth-order valence-electron chi connectivity index (χ4n) is 5.39. The third-order valence-electron chi connectivity index (χ3n) is 7.22. The number of alkyl halides is 2. The van der Waals surface area contributed by atoms with Crippen LogP contribution in [0.4, 0.5) is 4.39 Å². The van der Waals surface area contributed by atoms with E-state index in [4.69, 9.17) is 16.3 Å². The number of nitrogens with one attached hydrogen (secondary N) is 3. The standard InChI is InChI=1S/C21H38ClFN4O4S/c1-14-10-19(25-27(14)8-9-31-2)16-11-17(20(23)18(22)12-16)21(28)24-26-32(29,30)13-15-6-4-3-5-7-15/h14-20,25-26H,3-13H2,1-2H3,(H,24,28). The Morgan fingerprint density at radius 2 is 1.94 bits per heavy atom. The lowest BCUT2D eigenvalue weighted by Crippen LogP contribution is -2.53. The Balaban J connectivity index is 1.54. The molecule has 1 saturated heterocycles. The first-order chi connectivity index (χ1) is 15.2. The van der Waals surface area contributed by atoms with E-state index in [1.807, 2.05) is 0 Å². The van der Waals surface area contributed by atoms with E-state index < -0.39 is 33.4 Å². The number of sulfonamides is 1. The summed E-state index contributed by atoms with van der Waals surface area (Å²) < 4.78 is 44.8. The number of methoxy groups -OCH3 is 1. The van der Waals surface area contributed by atoms with Gasteiger partial charge in [0.25, 0.3) is 0 Å². The smallest absolute Gasteiger partial charge is 0.241 e. The summed E-state index contributed by atoms with van der Waals surface area (Å²) in [7, 11) is -2.01. The zero-order chi connectivity index (χ0) is 23.3. The minimum absolute atomic E-state index is 0.0149. The second kappa shape index (κ2) is 11.8. The summed E-state index contributed by atoms with van der Waals surface area (Å²) in [5.74, 6) is -1.52. The van der Waals surface area contributed by atoms with Crippen molar-refractivity contribution in [3.8, 4) is 0 Å². The summed E-state index contributed by atoms with van der Waals surface area (Å²) >= 11 is 6.30. The zero-order valence-corrected chi connectivity index (χ0v) is 20.6. The van der Waals surface area contributed by atoms with Gasteiger partial charge in [-0.1, -0.05) is 19.3 Å². The highest BCUT2D eigenvalue weighted by atomic mass is 35.5. The molecule has 6 atom stereocenters. The minimum atomic E-state index is -3.67. The molecule has 1 heterocycles. The predicted octanol–water partition coefficient (Wildman–Crippen LogP) is 2.10. The van der Waals surface area contributed by atoms with Gasteiger partial charge in [-0.25, -0.2) is 17.8 Å². The average Bonchev–Trinajstić information content (AvgIpc) is 3.13. The van der Waals surface area contributed by atoms with Gasteiger partial charge in [-0.15, -0.1) is 16.4 Å². The molecule has 0 spiro atoms. The van der Waals surface area contributed by atoms with E-state index in [0.29, 0.717) is 25.5 Å². The molecule has 2 saturated carbocycles. The SMILES string of the molecule is COCCN1NC(C2CC(Cl)C(F)C(C(=O)NNS(=O)(=O)CC3CCCCC3)C2)CC1C. The number of nitrogens with zero attached hydrogens (tertiary/aromatic N) is 1. The van der Waals surface area contributed by atoms with E-state index in [-0.39, 0.29) is 23.6 Å². The fraction of sp³-hybridized carbons (Fsp3) is 0.952. The van der Waals surface area contributed by atoms with Gasteiger partial charge in [0, 0.05) is 25.7 Å². The van der Waals surface area contributed by atoms with Gasteiger partial charge in [0.15, 0.2) is 0 Å². The van der Waals surface area contributed by atoms with Gasteiger partial charge < -0.3 is 4.74 Å². The molecule has 186 valence electrons. The van der Waals surface area contributed by atoms with Crippen LogP contribution in [0.5, 0.6) is 0 Å². The third-order valence-corrected chi connectivity index (χ3v) is 8.97. The maximum atomic E-state index is 14.8. The summed E-state index contributed by atoms with van der Waals surface area (Å²) in [6.07, 6.45) is 5.13. The van der Waals surface area contributed by atoms with Crippen LogP contribution in [0.25, 0.3) is 0 Å². The Morgan fingerprint density at radius 1 is 1.22 bits per heavy atom. The number of hydrazine groups is 2. The molecular weight excluding hydrogens is 459 g/mol. The zero-order valence-electron chi connectivity index (χ0n) is 19.1. The maximum absolute atomic E-state index is 14.8. The highest BCUT2D eigenvalue weighted by molar-refractivity contribution is 7.89. The Morgan fingerprint density at radius 3 is 2.62 bits per heavy atom. The van der Waals surface area contributed by atoms with E-state index in [1.54, 1.807) is 7.11 Å². The first-order valence-corrected chi connectivity index (χ1v) is 13.9. The van der Waals surface area contributed by atoms with Crippen molar-refractivity contribution in [2.45, 2.75) is 81.9 Å². The second-order valence-electron chi connectivity index (χ2n) is 9.68. The molecule has 3 fully saturated rings. The first-order valence-electron chi connectivity index (χ1n) is 11.8. The van der Waals surface area contributed by atoms with Crippen molar-refractivity contribution in [1.29, 1.82) is 0 Å². The summed E-state index contributed by atoms with van der Waals surface area (Å²) in [5, 5.41) is 1.33. The largest absolute Gasteiger partial charge is 0.383 e. The molecule has 6 unspecified atom stereocenters. The number of rotatable bonds is 9. The number of carbonyl (C=O) groups excluding carboxylic acids is 1. The number of hydrogen-bond donors (Lipinski definition) is 3. The molecule has 3 rings (SSSR count).